The maximum Gasteiger partial charge on any atom is 0.121 e. The summed E-state index contributed by atoms with van der Waals surface area (Å²) in [5, 5.41) is 0. The second-order valence-electron chi connectivity index (χ2n) is 5.26. The molecule has 116 valence electrons. The molecule has 0 spiro atoms. The zero-order valence-electron chi connectivity index (χ0n) is 12.8. The fourth-order valence-electron chi connectivity index (χ4n) is 2.72. The molecule has 0 saturated carbocycles. The molecule has 0 N–H and O–H groups in total. The van der Waals surface area contributed by atoms with Crippen molar-refractivity contribution in [3.05, 3.63) is 23.2 Å². The van der Waals surface area contributed by atoms with Crippen LogP contribution in [-0.2, 0) is 9.47 Å². The van der Waals surface area contributed by atoms with E-state index in [4.69, 9.17) is 9.47 Å². The predicted molar refractivity (Wildman–Crippen MR) is 85.1 cm³/mol. The third kappa shape index (κ3) is 5.02. The molecule has 0 bridgehead atoms. The Balaban J connectivity index is 0.00000200. The average molecular weight is 302 g/mol. The van der Waals surface area contributed by atoms with E-state index in [1.165, 1.54) is 18.4 Å². The van der Waals surface area contributed by atoms with Gasteiger partial charge in [-0.25, -0.2) is 0 Å². The highest BCUT2D eigenvalue weighted by molar-refractivity contribution is 5.85. The first-order valence-corrected chi connectivity index (χ1v) is 7.74. The van der Waals surface area contributed by atoms with Crippen molar-refractivity contribution in [2.75, 3.05) is 32.8 Å². The largest absolute Gasteiger partial charge is 0.498 e. The number of rotatable bonds is 7. The lowest BCUT2D eigenvalue weighted by Crippen LogP contribution is -2.24. The van der Waals surface area contributed by atoms with Crippen molar-refractivity contribution in [1.82, 2.24) is 4.90 Å². The highest BCUT2D eigenvalue weighted by Gasteiger charge is 2.18. The Labute approximate surface area is 129 Å². The standard InChI is InChI=1S/C16H27NO2.ClH/c1-3-17(4-2)10-6-12-18-15-9-8-14-7-5-11-19-16(14)13-15;/h13H,3-12H2,1-2H3;1H. The first-order chi connectivity index (χ1) is 9.33. The lowest BCUT2D eigenvalue weighted by atomic mass is 9.96. The minimum absolute atomic E-state index is 0. The molecule has 0 amide bonds. The lowest BCUT2D eigenvalue weighted by Gasteiger charge is -2.25. The van der Waals surface area contributed by atoms with Crippen molar-refractivity contribution in [2.24, 2.45) is 0 Å². The molecular weight excluding hydrogens is 274 g/mol. The molecule has 0 aromatic rings. The van der Waals surface area contributed by atoms with Gasteiger partial charge in [0.25, 0.3) is 0 Å². The Hall–Kier alpha value is -0.670. The summed E-state index contributed by atoms with van der Waals surface area (Å²) in [6.07, 6.45) is 7.78. The number of allylic oxidation sites excluding steroid dienone is 3. The third-order valence-corrected chi connectivity index (χ3v) is 3.99. The summed E-state index contributed by atoms with van der Waals surface area (Å²) >= 11 is 0. The van der Waals surface area contributed by atoms with Crippen LogP contribution in [0, 0.1) is 0 Å². The van der Waals surface area contributed by atoms with Crippen LogP contribution in [0.2, 0.25) is 0 Å². The number of hydrogen-bond donors (Lipinski definition) is 0. The molecule has 1 aliphatic heterocycles. The predicted octanol–water partition coefficient (Wildman–Crippen LogP) is 3.90. The lowest BCUT2D eigenvalue weighted by molar-refractivity contribution is 0.161. The van der Waals surface area contributed by atoms with E-state index in [1.807, 2.05) is 0 Å². The van der Waals surface area contributed by atoms with Gasteiger partial charge in [0, 0.05) is 19.0 Å². The summed E-state index contributed by atoms with van der Waals surface area (Å²) in [6, 6.07) is 0. The van der Waals surface area contributed by atoms with E-state index in [1.54, 1.807) is 0 Å². The molecular formula is C16H28ClNO2. The van der Waals surface area contributed by atoms with E-state index in [0.29, 0.717) is 0 Å². The van der Waals surface area contributed by atoms with E-state index >= 15 is 0 Å². The van der Waals surface area contributed by atoms with Gasteiger partial charge in [-0.1, -0.05) is 13.8 Å². The summed E-state index contributed by atoms with van der Waals surface area (Å²) in [7, 11) is 0. The van der Waals surface area contributed by atoms with Crippen molar-refractivity contribution in [3.8, 4) is 0 Å². The van der Waals surface area contributed by atoms with Crippen LogP contribution in [0.15, 0.2) is 23.2 Å². The Bertz CT molecular complexity index is 348. The van der Waals surface area contributed by atoms with Crippen LogP contribution in [0.3, 0.4) is 0 Å². The molecule has 20 heavy (non-hydrogen) atoms. The van der Waals surface area contributed by atoms with Crippen molar-refractivity contribution >= 4 is 12.4 Å². The molecule has 0 unspecified atom stereocenters. The van der Waals surface area contributed by atoms with Gasteiger partial charge in [0.1, 0.15) is 5.76 Å². The molecule has 4 heteroatoms. The zero-order valence-corrected chi connectivity index (χ0v) is 13.6. The van der Waals surface area contributed by atoms with Crippen molar-refractivity contribution in [2.45, 2.75) is 46.0 Å². The molecule has 3 nitrogen and oxygen atoms in total. The minimum Gasteiger partial charge on any atom is -0.498 e. The van der Waals surface area contributed by atoms with Crippen LogP contribution in [0.4, 0.5) is 0 Å². The number of halogens is 1. The second-order valence-corrected chi connectivity index (χ2v) is 5.26. The molecule has 0 fully saturated rings. The molecule has 0 saturated heterocycles. The van der Waals surface area contributed by atoms with E-state index in [0.717, 1.165) is 63.6 Å². The monoisotopic (exact) mass is 301 g/mol. The van der Waals surface area contributed by atoms with Crippen molar-refractivity contribution in [3.63, 3.8) is 0 Å². The Kier molecular flexibility index (Phi) is 8.08. The maximum atomic E-state index is 5.89. The first kappa shape index (κ1) is 17.4. The van der Waals surface area contributed by atoms with Gasteiger partial charge in [-0.15, -0.1) is 12.4 Å². The zero-order chi connectivity index (χ0) is 13.5. The van der Waals surface area contributed by atoms with Gasteiger partial charge < -0.3 is 14.4 Å². The number of nitrogens with zero attached hydrogens (tertiary/aromatic N) is 1. The Morgan fingerprint density at radius 1 is 1.20 bits per heavy atom. The molecule has 2 aliphatic rings. The van der Waals surface area contributed by atoms with Crippen LogP contribution in [0.5, 0.6) is 0 Å². The van der Waals surface area contributed by atoms with Crippen LogP contribution >= 0.6 is 12.4 Å². The van der Waals surface area contributed by atoms with Crippen molar-refractivity contribution in [1.29, 1.82) is 0 Å². The van der Waals surface area contributed by atoms with Gasteiger partial charge in [0.2, 0.25) is 0 Å². The SMILES string of the molecule is CCN(CC)CCCOC1=CC2=C(CCCO2)CC1.Cl. The summed E-state index contributed by atoms with van der Waals surface area (Å²) < 4.78 is 11.6. The van der Waals surface area contributed by atoms with E-state index in [2.05, 4.69) is 24.8 Å². The molecule has 0 aromatic carbocycles. The summed E-state index contributed by atoms with van der Waals surface area (Å²) in [6.45, 7) is 9.50. The molecule has 2 rings (SSSR count). The normalized spacial score (nSPS) is 18.1. The van der Waals surface area contributed by atoms with Crippen LogP contribution < -0.4 is 0 Å². The maximum absolute atomic E-state index is 5.89. The smallest absolute Gasteiger partial charge is 0.121 e. The quantitative estimate of drug-likeness (QED) is 0.666. The van der Waals surface area contributed by atoms with Gasteiger partial charge in [0.05, 0.1) is 19.0 Å². The van der Waals surface area contributed by atoms with Crippen LogP contribution in [0.1, 0.15) is 46.0 Å². The fourth-order valence-corrected chi connectivity index (χ4v) is 2.72. The van der Waals surface area contributed by atoms with Crippen molar-refractivity contribution < 1.29 is 9.47 Å². The van der Waals surface area contributed by atoms with E-state index in [9.17, 15) is 0 Å². The molecule has 1 aliphatic carbocycles. The van der Waals surface area contributed by atoms with E-state index in [-0.39, 0.29) is 12.4 Å². The summed E-state index contributed by atoms with van der Waals surface area (Å²) in [5.74, 6) is 2.21. The van der Waals surface area contributed by atoms with Crippen LogP contribution in [-0.4, -0.2) is 37.7 Å². The number of ether oxygens (including phenoxy) is 2. The molecule has 0 radical (unpaired) electrons. The van der Waals surface area contributed by atoms with Crippen LogP contribution in [0.25, 0.3) is 0 Å². The van der Waals surface area contributed by atoms with Gasteiger partial charge in [-0.2, -0.15) is 0 Å². The minimum atomic E-state index is 0. The first-order valence-electron chi connectivity index (χ1n) is 7.74. The average Bonchev–Trinajstić information content (AvgIpc) is 2.47. The Morgan fingerprint density at radius 2 is 2.00 bits per heavy atom. The van der Waals surface area contributed by atoms with E-state index < -0.39 is 0 Å². The van der Waals surface area contributed by atoms with Gasteiger partial charge in [-0.3, -0.25) is 0 Å². The summed E-state index contributed by atoms with van der Waals surface area (Å²) in [5.41, 5.74) is 1.49. The molecule has 1 heterocycles. The third-order valence-electron chi connectivity index (χ3n) is 3.99. The Morgan fingerprint density at radius 3 is 2.75 bits per heavy atom. The second kappa shape index (κ2) is 9.30. The topological polar surface area (TPSA) is 21.7 Å². The highest BCUT2D eigenvalue weighted by Crippen LogP contribution is 2.31. The van der Waals surface area contributed by atoms with Gasteiger partial charge in [-0.05, 0) is 44.3 Å². The van der Waals surface area contributed by atoms with Gasteiger partial charge >= 0.3 is 0 Å². The molecule has 0 aromatic heterocycles. The fraction of sp³-hybridized carbons (Fsp3) is 0.750. The van der Waals surface area contributed by atoms with Gasteiger partial charge in [0.15, 0.2) is 0 Å². The highest BCUT2D eigenvalue weighted by atomic mass is 35.5. The number of hydrogen-bond acceptors (Lipinski definition) is 3. The molecule has 0 atom stereocenters. The summed E-state index contributed by atoms with van der Waals surface area (Å²) in [4.78, 5) is 2.43.